The average molecular weight is 253 g/mol. The molecule has 0 bridgehead atoms. The number of anilines is 1. The lowest BCUT2D eigenvalue weighted by Gasteiger charge is -2.02. The van der Waals surface area contributed by atoms with E-state index in [-0.39, 0.29) is 18.1 Å². The minimum Gasteiger partial charge on any atom is -0.359 e. The highest BCUT2D eigenvalue weighted by Gasteiger charge is 2.41. The molecular formula is C16H15NO2. The molecule has 0 aromatic heterocycles. The fourth-order valence-electron chi connectivity index (χ4n) is 2.22. The van der Waals surface area contributed by atoms with Gasteiger partial charge >= 0.3 is 0 Å². The monoisotopic (exact) mass is 253 g/mol. The van der Waals surface area contributed by atoms with E-state index < -0.39 is 0 Å². The van der Waals surface area contributed by atoms with Crippen LogP contribution in [-0.2, 0) is 9.53 Å². The first kappa shape index (κ1) is 11.9. The quantitative estimate of drug-likeness (QED) is 0.851. The van der Waals surface area contributed by atoms with E-state index in [1.54, 1.807) is 0 Å². The Morgan fingerprint density at radius 3 is 2.11 bits per heavy atom. The van der Waals surface area contributed by atoms with Crippen molar-refractivity contribution in [2.45, 2.75) is 19.1 Å². The molecule has 0 saturated carbocycles. The van der Waals surface area contributed by atoms with Crippen LogP contribution in [0.5, 0.6) is 0 Å². The summed E-state index contributed by atoms with van der Waals surface area (Å²) in [7, 11) is 0. The second-order valence-electron chi connectivity index (χ2n) is 4.69. The van der Waals surface area contributed by atoms with Crippen LogP contribution >= 0.6 is 0 Å². The molecule has 3 nitrogen and oxygen atoms in total. The van der Waals surface area contributed by atoms with Gasteiger partial charge in [-0.25, -0.2) is 0 Å². The molecule has 2 atom stereocenters. The minimum absolute atomic E-state index is 0.0578. The van der Waals surface area contributed by atoms with E-state index in [2.05, 4.69) is 17.4 Å². The number of ether oxygens (including phenoxy) is 1. The fourth-order valence-corrected chi connectivity index (χ4v) is 2.22. The summed E-state index contributed by atoms with van der Waals surface area (Å²) >= 11 is 0. The fraction of sp³-hybridized carbons (Fsp3) is 0.188. The molecule has 2 aromatic carbocycles. The molecule has 1 saturated heterocycles. The van der Waals surface area contributed by atoms with Crippen molar-refractivity contribution in [3.63, 3.8) is 0 Å². The molecule has 0 spiro atoms. The zero-order valence-electron chi connectivity index (χ0n) is 10.7. The van der Waals surface area contributed by atoms with Crippen molar-refractivity contribution in [2.24, 2.45) is 0 Å². The number of benzene rings is 2. The Kier molecular flexibility index (Phi) is 3.05. The predicted octanol–water partition coefficient (Wildman–Crippen LogP) is 3.46. The molecule has 1 fully saturated rings. The van der Waals surface area contributed by atoms with Crippen molar-refractivity contribution < 1.29 is 9.53 Å². The van der Waals surface area contributed by atoms with Crippen molar-refractivity contribution in [2.75, 3.05) is 5.32 Å². The smallest absolute Gasteiger partial charge is 0.221 e. The van der Waals surface area contributed by atoms with Gasteiger partial charge in [0.15, 0.2) is 0 Å². The SMILES string of the molecule is CC(=O)Nc1ccc([C@@H]2O[C@H]2c2ccccc2)cc1. The highest BCUT2D eigenvalue weighted by atomic mass is 16.6. The van der Waals surface area contributed by atoms with Crippen LogP contribution in [0.4, 0.5) is 5.69 Å². The summed E-state index contributed by atoms with van der Waals surface area (Å²) in [6.07, 6.45) is 0.293. The summed E-state index contributed by atoms with van der Waals surface area (Å²) in [5.74, 6) is -0.0578. The Hall–Kier alpha value is -2.13. The first-order valence-corrected chi connectivity index (χ1v) is 6.32. The average Bonchev–Trinajstić information content (AvgIpc) is 3.20. The second-order valence-corrected chi connectivity index (χ2v) is 4.69. The number of hydrogen-bond donors (Lipinski definition) is 1. The molecule has 1 amide bonds. The van der Waals surface area contributed by atoms with Crippen molar-refractivity contribution in [1.82, 2.24) is 0 Å². The van der Waals surface area contributed by atoms with Crippen LogP contribution in [0.3, 0.4) is 0 Å². The summed E-state index contributed by atoms with van der Waals surface area (Å²) < 4.78 is 5.72. The largest absolute Gasteiger partial charge is 0.359 e. The number of carbonyl (C=O) groups is 1. The normalized spacial score (nSPS) is 20.9. The molecule has 1 N–H and O–H groups in total. The van der Waals surface area contributed by atoms with Crippen LogP contribution in [0.15, 0.2) is 54.6 Å². The van der Waals surface area contributed by atoms with Crippen molar-refractivity contribution in [3.05, 3.63) is 65.7 Å². The number of nitrogens with one attached hydrogen (secondary N) is 1. The summed E-state index contributed by atoms with van der Waals surface area (Å²) in [5, 5.41) is 2.75. The summed E-state index contributed by atoms with van der Waals surface area (Å²) in [5.41, 5.74) is 3.16. The van der Waals surface area contributed by atoms with E-state index in [1.165, 1.54) is 12.5 Å². The van der Waals surface area contributed by atoms with Gasteiger partial charge in [-0.15, -0.1) is 0 Å². The zero-order valence-corrected chi connectivity index (χ0v) is 10.7. The van der Waals surface area contributed by atoms with Gasteiger partial charge in [0.1, 0.15) is 12.2 Å². The molecular weight excluding hydrogens is 238 g/mol. The molecule has 1 heterocycles. The maximum Gasteiger partial charge on any atom is 0.221 e. The Morgan fingerprint density at radius 2 is 1.53 bits per heavy atom. The van der Waals surface area contributed by atoms with Gasteiger partial charge in [-0.2, -0.15) is 0 Å². The molecule has 2 aromatic rings. The molecule has 1 aliphatic rings. The number of carbonyl (C=O) groups excluding carboxylic acids is 1. The minimum atomic E-state index is -0.0578. The highest BCUT2D eigenvalue weighted by molar-refractivity contribution is 5.88. The molecule has 0 unspecified atom stereocenters. The molecule has 19 heavy (non-hydrogen) atoms. The van der Waals surface area contributed by atoms with Gasteiger partial charge in [0.25, 0.3) is 0 Å². The maximum atomic E-state index is 10.9. The lowest BCUT2D eigenvalue weighted by Crippen LogP contribution is -2.05. The van der Waals surface area contributed by atoms with Crippen molar-refractivity contribution >= 4 is 11.6 Å². The van der Waals surface area contributed by atoms with Crippen LogP contribution in [0.1, 0.15) is 30.3 Å². The zero-order chi connectivity index (χ0) is 13.2. The Morgan fingerprint density at radius 1 is 0.947 bits per heavy atom. The number of amides is 1. The van der Waals surface area contributed by atoms with Crippen molar-refractivity contribution in [3.8, 4) is 0 Å². The third kappa shape index (κ3) is 2.66. The van der Waals surface area contributed by atoms with Crippen LogP contribution < -0.4 is 5.32 Å². The Balaban J connectivity index is 1.70. The van der Waals surface area contributed by atoms with Crippen LogP contribution in [-0.4, -0.2) is 5.91 Å². The Bertz CT molecular complexity index is 577. The predicted molar refractivity (Wildman–Crippen MR) is 73.8 cm³/mol. The maximum absolute atomic E-state index is 10.9. The molecule has 0 radical (unpaired) electrons. The van der Waals surface area contributed by atoms with Crippen LogP contribution in [0, 0.1) is 0 Å². The number of rotatable bonds is 3. The lowest BCUT2D eigenvalue weighted by atomic mass is 10.0. The van der Waals surface area contributed by atoms with Gasteiger partial charge in [0.2, 0.25) is 5.91 Å². The van der Waals surface area contributed by atoms with Crippen LogP contribution in [0.2, 0.25) is 0 Å². The molecule has 1 aliphatic heterocycles. The number of hydrogen-bond acceptors (Lipinski definition) is 2. The van der Waals surface area contributed by atoms with Crippen molar-refractivity contribution in [1.29, 1.82) is 0 Å². The van der Waals surface area contributed by atoms with Gasteiger partial charge < -0.3 is 10.1 Å². The molecule has 3 heteroatoms. The first-order valence-electron chi connectivity index (χ1n) is 6.32. The van der Waals surface area contributed by atoms with E-state index in [1.807, 2.05) is 42.5 Å². The van der Waals surface area contributed by atoms with Gasteiger partial charge in [0, 0.05) is 12.6 Å². The summed E-state index contributed by atoms with van der Waals surface area (Å²) in [6, 6.07) is 18.0. The molecule has 3 rings (SSSR count). The van der Waals surface area contributed by atoms with Crippen LogP contribution in [0.25, 0.3) is 0 Å². The van der Waals surface area contributed by atoms with Gasteiger partial charge in [-0.1, -0.05) is 42.5 Å². The lowest BCUT2D eigenvalue weighted by molar-refractivity contribution is -0.114. The third-order valence-electron chi connectivity index (χ3n) is 3.18. The first-order chi connectivity index (χ1) is 9.24. The van der Waals surface area contributed by atoms with E-state index in [0.717, 1.165) is 11.3 Å². The van der Waals surface area contributed by atoms with Gasteiger partial charge in [0.05, 0.1) is 0 Å². The number of epoxide rings is 1. The van der Waals surface area contributed by atoms with Gasteiger partial charge in [-0.3, -0.25) is 4.79 Å². The second kappa shape index (κ2) is 4.86. The summed E-state index contributed by atoms with van der Waals surface area (Å²) in [4.78, 5) is 10.9. The third-order valence-corrected chi connectivity index (χ3v) is 3.18. The van der Waals surface area contributed by atoms with E-state index in [0.29, 0.717) is 0 Å². The van der Waals surface area contributed by atoms with E-state index in [4.69, 9.17) is 4.74 Å². The van der Waals surface area contributed by atoms with E-state index >= 15 is 0 Å². The highest BCUT2D eigenvalue weighted by Crippen LogP contribution is 2.50. The molecule has 0 aliphatic carbocycles. The standard InChI is InChI=1S/C16H15NO2/c1-11(18)17-14-9-7-13(8-10-14)16-15(19-16)12-5-3-2-4-6-12/h2-10,15-16H,1H3,(H,17,18)/t15-,16-/m0/s1. The summed E-state index contributed by atoms with van der Waals surface area (Å²) in [6.45, 7) is 1.50. The Labute approximate surface area is 112 Å². The van der Waals surface area contributed by atoms with E-state index in [9.17, 15) is 4.79 Å². The topological polar surface area (TPSA) is 41.6 Å². The van der Waals surface area contributed by atoms with Gasteiger partial charge in [-0.05, 0) is 23.3 Å². The molecule has 96 valence electrons.